The van der Waals surface area contributed by atoms with Gasteiger partial charge in [-0.15, -0.1) is 0 Å². The average Bonchev–Trinajstić information content (AvgIpc) is 3.45. The highest BCUT2D eigenvalue weighted by atomic mass is 16.5. The summed E-state index contributed by atoms with van der Waals surface area (Å²) in [4.78, 5) is 31.6. The van der Waals surface area contributed by atoms with Gasteiger partial charge >= 0.3 is 0 Å². The third-order valence-corrected chi connectivity index (χ3v) is 5.50. The van der Waals surface area contributed by atoms with Gasteiger partial charge in [-0.2, -0.15) is 0 Å². The molecular weight excluding hydrogens is 360 g/mol. The number of aromatic nitrogens is 2. The lowest BCUT2D eigenvalue weighted by Gasteiger charge is -2.22. The minimum atomic E-state index is -0.367. The molecule has 3 heterocycles. The molecule has 28 heavy (non-hydrogen) atoms. The van der Waals surface area contributed by atoms with Gasteiger partial charge < -0.3 is 19.5 Å². The van der Waals surface area contributed by atoms with Crippen LogP contribution < -0.4 is 10.1 Å². The molecule has 0 radical (unpaired) electrons. The number of aryl methyl sites for hydroxylation is 1. The van der Waals surface area contributed by atoms with E-state index in [9.17, 15) is 9.59 Å². The summed E-state index contributed by atoms with van der Waals surface area (Å²) in [5.74, 6) is 0.237. The van der Waals surface area contributed by atoms with Crippen molar-refractivity contribution in [3.05, 3.63) is 40.4 Å². The van der Waals surface area contributed by atoms with Crippen LogP contribution in [0.2, 0.25) is 0 Å². The second kappa shape index (κ2) is 7.61. The van der Waals surface area contributed by atoms with Crippen LogP contribution in [0.5, 0.6) is 5.88 Å². The lowest BCUT2D eigenvalue weighted by molar-refractivity contribution is 0.0706. The Morgan fingerprint density at radius 3 is 2.82 bits per heavy atom. The molecule has 1 fully saturated rings. The lowest BCUT2D eigenvalue weighted by atomic mass is 10.1. The molecule has 2 aliphatic rings. The number of pyridine rings is 1. The van der Waals surface area contributed by atoms with Crippen molar-refractivity contribution in [3.8, 4) is 5.88 Å². The topological polar surface area (TPSA) is 97.6 Å². The fourth-order valence-electron chi connectivity index (χ4n) is 3.93. The molecule has 1 aliphatic heterocycles. The van der Waals surface area contributed by atoms with Gasteiger partial charge in [-0.1, -0.05) is 24.9 Å². The van der Waals surface area contributed by atoms with Crippen molar-refractivity contribution in [1.82, 2.24) is 20.4 Å². The predicted molar refractivity (Wildman–Crippen MR) is 100.0 cm³/mol. The molecular formula is C20H24N4O4. The Labute approximate surface area is 163 Å². The molecule has 0 aromatic carbocycles. The number of carbonyl (C=O) groups excluding carboxylic acids is 2. The summed E-state index contributed by atoms with van der Waals surface area (Å²) in [5, 5.41) is 6.61. The minimum absolute atomic E-state index is 0.0208. The van der Waals surface area contributed by atoms with Gasteiger partial charge in [0.2, 0.25) is 11.6 Å². The van der Waals surface area contributed by atoms with Crippen molar-refractivity contribution < 1.29 is 18.8 Å². The van der Waals surface area contributed by atoms with Crippen LogP contribution in [0, 0.1) is 0 Å². The zero-order chi connectivity index (χ0) is 19.7. The molecule has 8 nitrogen and oxygen atoms in total. The number of fused-ring (bicyclic) bond motifs is 1. The molecule has 8 heteroatoms. The van der Waals surface area contributed by atoms with Gasteiger partial charge in [0.05, 0.1) is 30.6 Å². The molecule has 1 aliphatic carbocycles. The quantitative estimate of drug-likeness (QED) is 0.822. The van der Waals surface area contributed by atoms with Crippen molar-refractivity contribution in [3.63, 3.8) is 0 Å². The summed E-state index contributed by atoms with van der Waals surface area (Å²) in [6.45, 7) is 2.65. The van der Waals surface area contributed by atoms with E-state index in [1.807, 2.05) is 11.8 Å². The van der Waals surface area contributed by atoms with Gasteiger partial charge in [0, 0.05) is 24.2 Å². The number of rotatable bonds is 6. The van der Waals surface area contributed by atoms with E-state index in [1.54, 1.807) is 12.1 Å². The van der Waals surface area contributed by atoms with Crippen LogP contribution in [0.15, 0.2) is 16.7 Å². The zero-order valence-corrected chi connectivity index (χ0v) is 16.2. The van der Waals surface area contributed by atoms with Crippen LogP contribution >= 0.6 is 0 Å². The highest BCUT2D eigenvalue weighted by Crippen LogP contribution is 2.33. The first-order chi connectivity index (χ1) is 13.6. The maximum absolute atomic E-state index is 12.9. The minimum Gasteiger partial charge on any atom is -0.481 e. The fourth-order valence-corrected chi connectivity index (χ4v) is 3.93. The van der Waals surface area contributed by atoms with Gasteiger partial charge in [-0.25, -0.2) is 4.98 Å². The number of amides is 2. The van der Waals surface area contributed by atoms with Gasteiger partial charge in [0.25, 0.3) is 11.8 Å². The Balaban J connectivity index is 1.50. The van der Waals surface area contributed by atoms with E-state index in [0.717, 1.165) is 24.2 Å². The first-order valence-corrected chi connectivity index (χ1v) is 9.72. The van der Waals surface area contributed by atoms with E-state index >= 15 is 0 Å². The highest BCUT2D eigenvalue weighted by Gasteiger charge is 2.36. The summed E-state index contributed by atoms with van der Waals surface area (Å²) in [6.07, 6.45) is 5.13. The molecule has 1 N–H and O–H groups in total. The molecule has 0 saturated heterocycles. The van der Waals surface area contributed by atoms with Crippen molar-refractivity contribution >= 4 is 11.8 Å². The van der Waals surface area contributed by atoms with Gasteiger partial charge in [0.1, 0.15) is 0 Å². The zero-order valence-electron chi connectivity index (χ0n) is 16.2. The summed E-state index contributed by atoms with van der Waals surface area (Å²) < 4.78 is 10.5. The van der Waals surface area contributed by atoms with Crippen LogP contribution in [0.4, 0.5) is 0 Å². The molecule has 1 saturated carbocycles. The Kier molecular flexibility index (Phi) is 5.02. The molecule has 0 spiro atoms. The van der Waals surface area contributed by atoms with Crippen molar-refractivity contribution in [1.29, 1.82) is 0 Å². The van der Waals surface area contributed by atoms with Gasteiger partial charge in [0.15, 0.2) is 0 Å². The Morgan fingerprint density at radius 2 is 2.14 bits per heavy atom. The molecule has 2 aromatic heterocycles. The molecule has 148 valence electrons. The number of ether oxygens (including phenoxy) is 1. The first kappa shape index (κ1) is 18.5. The lowest BCUT2D eigenvalue weighted by Crippen LogP contribution is -2.33. The van der Waals surface area contributed by atoms with E-state index in [4.69, 9.17) is 9.26 Å². The SMILES string of the molecule is CCc1cc(C(=O)NCc2cc3c(nc2OC)CN(C2CCCC2)C3=O)on1. The maximum atomic E-state index is 12.9. The Hall–Kier alpha value is -2.90. The molecule has 0 atom stereocenters. The summed E-state index contributed by atoms with van der Waals surface area (Å²) in [5.41, 5.74) is 2.72. The average molecular weight is 384 g/mol. The third-order valence-electron chi connectivity index (χ3n) is 5.50. The van der Waals surface area contributed by atoms with E-state index < -0.39 is 0 Å². The second-order valence-electron chi connectivity index (χ2n) is 7.24. The molecule has 0 unspecified atom stereocenters. The number of nitrogens with one attached hydrogen (secondary N) is 1. The van der Waals surface area contributed by atoms with E-state index in [1.165, 1.54) is 20.0 Å². The maximum Gasteiger partial charge on any atom is 0.290 e. The smallest absolute Gasteiger partial charge is 0.290 e. The Morgan fingerprint density at radius 1 is 1.36 bits per heavy atom. The largest absolute Gasteiger partial charge is 0.481 e. The van der Waals surface area contributed by atoms with Crippen LogP contribution in [-0.2, 0) is 19.5 Å². The number of hydrogen-bond acceptors (Lipinski definition) is 6. The van der Waals surface area contributed by atoms with Crippen LogP contribution in [0.1, 0.15) is 70.5 Å². The first-order valence-electron chi connectivity index (χ1n) is 9.72. The Bertz CT molecular complexity index is 902. The van der Waals surface area contributed by atoms with Crippen LogP contribution in [0.3, 0.4) is 0 Å². The van der Waals surface area contributed by atoms with Crippen molar-refractivity contribution in [2.75, 3.05) is 7.11 Å². The second-order valence-corrected chi connectivity index (χ2v) is 7.24. The normalized spacial score (nSPS) is 16.5. The van der Waals surface area contributed by atoms with Crippen molar-refractivity contribution in [2.45, 2.75) is 58.2 Å². The monoisotopic (exact) mass is 384 g/mol. The molecule has 4 rings (SSSR count). The number of methoxy groups -OCH3 is 1. The van der Waals surface area contributed by atoms with Crippen LogP contribution in [0.25, 0.3) is 0 Å². The third kappa shape index (κ3) is 3.34. The number of nitrogens with zero attached hydrogens (tertiary/aromatic N) is 3. The fraction of sp³-hybridized carbons (Fsp3) is 0.500. The van der Waals surface area contributed by atoms with Crippen molar-refractivity contribution in [2.24, 2.45) is 0 Å². The molecule has 0 bridgehead atoms. The highest BCUT2D eigenvalue weighted by molar-refractivity contribution is 5.98. The van der Waals surface area contributed by atoms with Crippen LogP contribution in [-0.4, -0.2) is 40.0 Å². The van der Waals surface area contributed by atoms with Gasteiger partial charge in [-0.05, 0) is 25.3 Å². The predicted octanol–water partition coefficient (Wildman–Crippen LogP) is 2.47. The van der Waals surface area contributed by atoms with E-state index in [-0.39, 0.29) is 24.1 Å². The summed E-state index contributed by atoms with van der Waals surface area (Å²) in [6, 6.07) is 3.71. The summed E-state index contributed by atoms with van der Waals surface area (Å²) in [7, 11) is 1.54. The van der Waals surface area contributed by atoms with E-state index in [0.29, 0.717) is 36.0 Å². The number of hydrogen-bond donors (Lipinski definition) is 1. The standard InChI is InChI=1S/C20H24N4O4/c1-3-13-9-17(28-23-13)18(25)21-10-12-8-15-16(22-19(12)27-2)11-24(20(15)26)14-6-4-5-7-14/h8-9,14H,3-7,10-11H2,1-2H3,(H,21,25). The number of carbonyl (C=O) groups is 2. The summed E-state index contributed by atoms with van der Waals surface area (Å²) >= 11 is 0. The van der Waals surface area contributed by atoms with Gasteiger partial charge in [-0.3, -0.25) is 9.59 Å². The molecule has 2 aromatic rings. The molecule has 2 amide bonds. The van der Waals surface area contributed by atoms with E-state index in [2.05, 4.69) is 15.5 Å².